The van der Waals surface area contributed by atoms with E-state index in [9.17, 15) is 14.4 Å². The Bertz CT molecular complexity index is 648. The maximum atomic E-state index is 13.1. The lowest BCUT2D eigenvalue weighted by Crippen LogP contribution is -2.59. The number of cyclic esters (lactones) is 1. The lowest BCUT2D eigenvalue weighted by molar-refractivity contribution is -0.175. The van der Waals surface area contributed by atoms with Gasteiger partial charge in [-0.2, -0.15) is 0 Å². The molecule has 3 rings (SSSR count). The van der Waals surface area contributed by atoms with Crippen LogP contribution in [-0.2, 0) is 23.9 Å². The molecule has 138 valence electrons. The lowest BCUT2D eigenvalue weighted by Gasteiger charge is -2.57. The van der Waals surface area contributed by atoms with Gasteiger partial charge in [-0.1, -0.05) is 27.2 Å². The van der Waals surface area contributed by atoms with E-state index in [4.69, 9.17) is 9.47 Å². The minimum absolute atomic E-state index is 0.0232. The van der Waals surface area contributed by atoms with E-state index in [1.165, 1.54) is 7.11 Å². The number of hydrogen-bond acceptors (Lipinski definition) is 5. The van der Waals surface area contributed by atoms with Crippen LogP contribution in [-0.4, -0.2) is 30.9 Å². The predicted octanol–water partition coefficient (Wildman–Crippen LogP) is 3.07. The summed E-state index contributed by atoms with van der Waals surface area (Å²) in [6.07, 6.45) is 3.92. The summed E-state index contributed by atoms with van der Waals surface area (Å²) in [6, 6.07) is 0. The third-order valence-corrected chi connectivity index (χ3v) is 6.71. The van der Waals surface area contributed by atoms with Gasteiger partial charge in [-0.05, 0) is 42.7 Å². The van der Waals surface area contributed by atoms with E-state index in [1.807, 2.05) is 20.8 Å². The molecule has 0 unspecified atom stereocenters. The van der Waals surface area contributed by atoms with Crippen molar-refractivity contribution >= 4 is 17.7 Å². The number of carbonyl (C=O) groups is 3. The van der Waals surface area contributed by atoms with Crippen LogP contribution in [0, 0.1) is 28.6 Å². The van der Waals surface area contributed by atoms with E-state index in [0.717, 1.165) is 18.4 Å². The van der Waals surface area contributed by atoms with Crippen molar-refractivity contribution in [3.63, 3.8) is 0 Å². The number of rotatable bonds is 2. The monoisotopic (exact) mass is 348 g/mol. The van der Waals surface area contributed by atoms with Gasteiger partial charge in [0.2, 0.25) is 0 Å². The number of carbonyl (C=O) groups excluding carboxylic acids is 3. The molecule has 5 nitrogen and oxygen atoms in total. The van der Waals surface area contributed by atoms with E-state index in [0.29, 0.717) is 6.42 Å². The quantitative estimate of drug-likeness (QED) is 0.717. The van der Waals surface area contributed by atoms with E-state index >= 15 is 0 Å². The molecule has 5 atom stereocenters. The molecule has 0 spiro atoms. The topological polar surface area (TPSA) is 69.7 Å². The van der Waals surface area contributed by atoms with E-state index in [1.54, 1.807) is 6.08 Å². The molecule has 0 aromatic carbocycles. The minimum Gasteiger partial charge on any atom is -0.469 e. The highest BCUT2D eigenvalue weighted by Crippen LogP contribution is 2.61. The van der Waals surface area contributed by atoms with Crippen molar-refractivity contribution in [2.45, 2.75) is 59.5 Å². The van der Waals surface area contributed by atoms with Crippen molar-refractivity contribution in [2.75, 3.05) is 7.11 Å². The van der Waals surface area contributed by atoms with Crippen LogP contribution >= 0.6 is 0 Å². The molecule has 2 fully saturated rings. The summed E-state index contributed by atoms with van der Waals surface area (Å²) in [7, 11) is 1.38. The molecule has 0 radical (unpaired) electrons. The number of esters is 2. The van der Waals surface area contributed by atoms with E-state index in [-0.39, 0.29) is 42.1 Å². The van der Waals surface area contributed by atoms with Crippen molar-refractivity contribution in [3.8, 4) is 0 Å². The fourth-order valence-corrected chi connectivity index (χ4v) is 5.63. The van der Waals surface area contributed by atoms with Crippen molar-refractivity contribution in [1.82, 2.24) is 0 Å². The van der Waals surface area contributed by atoms with Gasteiger partial charge in [0.15, 0.2) is 5.78 Å². The van der Waals surface area contributed by atoms with Crippen molar-refractivity contribution in [1.29, 1.82) is 0 Å². The molecule has 0 aromatic heterocycles. The largest absolute Gasteiger partial charge is 0.469 e. The number of methoxy groups -OCH3 is 1. The molecule has 5 heteroatoms. The number of fused-ring (bicyclic) bond motifs is 3. The Morgan fingerprint density at radius 1 is 1.28 bits per heavy atom. The van der Waals surface area contributed by atoms with Gasteiger partial charge in [0, 0.05) is 11.8 Å². The maximum absolute atomic E-state index is 13.1. The fraction of sp³-hybridized carbons (Fsp3) is 0.750. The molecule has 1 heterocycles. The first-order valence-corrected chi connectivity index (χ1v) is 9.18. The summed E-state index contributed by atoms with van der Waals surface area (Å²) in [5.41, 5.74) is -0.322. The summed E-state index contributed by atoms with van der Waals surface area (Å²) in [4.78, 5) is 37.9. The van der Waals surface area contributed by atoms with Crippen LogP contribution in [0.3, 0.4) is 0 Å². The summed E-state index contributed by atoms with van der Waals surface area (Å²) in [6.45, 7) is 7.92. The number of hydrogen-bond donors (Lipinski definition) is 0. The zero-order valence-electron chi connectivity index (χ0n) is 15.8. The molecular weight excluding hydrogens is 320 g/mol. The van der Waals surface area contributed by atoms with Crippen molar-refractivity contribution < 1.29 is 23.9 Å². The van der Waals surface area contributed by atoms with E-state index in [2.05, 4.69) is 6.92 Å². The van der Waals surface area contributed by atoms with Gasteiger partial charge in [0.25, 0.3) is 0 Å². The Morgan fingerprint density at radius 2 is 1.96 bits per heavy atom. The van der Waals surface area contributed by atoms with Crippen LogP contribution < -0.4 is 0 Å². The molecule has 0 aromatic rings. The normalized spacial score (nSPS) is 40.7. The van der Waals surface area contributed by atoms with Gasteiger partial charge in [0.1, 0.15) is 6.10 Å². The van der Waals surface area contributed by atoms with Gasteiger partial charge in [-0.25, -0.2) is 0 Å². The molecular formula is C20H28O5. The molecule has 0 bridgehead atoms. The van der Waals surface area contributed by atoms with E-state index < -0.39 is 16.7 Å². The average Bonchev–Trinajstić information content (AvgIpc) is 2.54. The van der Waals surface area contributed by atoms with Crippen molar-refractivity contribution in [3.05, 3.63) is 11.6 Å². The zero-order chi connectivity index (χ0) is 18.6. The van der Waals surface area contributed by atoms with Crippen LogP contribution in [0.25, 0.3) is 0 Å². The first-order valence-electron chi connectivity index (χ1n) is 9.18. The lowest BCUT2D eigenvalue weighted by atomic mass is 9.46. The highest BCUT2D eigenvalue weighted by atomic mass is 16.5. The summed E-state index contributed by atoms with van der Waals surface area (Å²) in [5, 5.41) is 0. The van der Waals surface area contributed by atoms with Gasteiger partial charge in [0.05, 0.1) is 18.9 Å². The summed E-state index contributed by atoms with van der Waals surface area (Å²) >= 11 is 0. The Hall–Kier alpha value is -1.65. The van der Waals surface area contributed by atoms with Gasteiger partial charge >= 0.3 is 11.9 Å². The molecule has 0 amide bonds. The van der Waals surface area contributed by atoms with Crippen LogP contribution in [0.1, 0.15) is 53.4 Å². The Balaban J connectivity index is 2.13. The second-order valence-electron chi connectivity index (χ2n) is 8.66. The first-order chi connectivity index (χ1) is 11.6. The molecule has 3 aliphatic rings. The molecule has 25 heavy (non-hydrogen) atoms. The van der Waals surface area contributed by atoms with Gasteiger partial charge in [-0.3, -0.25) is 14.4 Å². The second kappa shape index (κ2) is 5.96. The Morgan fingerprint density at radius 3 is 2.56 bits per heavy atom. The first kappa shape index (κ1) is 18.2. The molecule has 0 N–H and O–H groups in total. The molecule has 1 aliphatic heterocycles. The van der Waals surface area contributed by atoms with Crippen LogP contribution in [0.2, 0.25) is 0 Å². The standard InChI is InChI=1S/C20H28O5/c1-11(2)16-12-9-14(21)17-19(3,13(12)10-15(22)25-16)7-6-8-20(17,4)18(23)24-5/h9,11,13,16-17H,6-8,10H2,1-5H3/t13-,16+,17+,19+,20-/m0/s1. The van der Waals surface area contributed by atoms with Crippen LogP contribution in [0.5, 0.6) is 0 Å². The third kappa shape index (κ3) is 2.54. The SMILES string of the molecule is COC(=O)[C@@]1(C)CCC[C@@]2(C)[C@H]1C(=O)C=C1[C@@H](C(C)C)OC(=O)C[C@@H]12. The number of ketones is 1. The summed E-state index contributed by atoms with van der Waals surface area (Å²) in [5.74, 6) is -0.943. The smallest absolute Gasteiger partial charge is 0.312 e. The Labute approximate surface area is 149 Å². The number of allylic oxidation sites excluding steroid dienone is 1. The highest BCUT2D eigenvalue weighted by molar-refractivity contribution is 5.99. The third-order valence-electron chi connectivity index (χ3n) is 6.71. The molecule has 1 saturated carbocycles. The van der Waals surface area contributed by atoms with Crippen LogP contribution in [0.4, 0.5) is 0 Å². The second-order valence-corrected chi connectivity index (χ2v) is 8.66. The molecule has 1 saturated heterocycles. The highest BCUT2D eigenvalue weighted by Gasteiger charge is 2.62. The van der Waals surface area contributed by atoms with Gasteiger partial charge < -0.3 is 9.47 Å². The zero-order valence-corrected chi connectivity index (χ0v) is 15.8. The summed E-state index contributed by atoms with van der Waals surface area (Å²) < 4.78 is 10.6. The fourth-order valence-electron chi connectivity index (χ4n) is 5.63. The molecule has 2 aliphatic carbocycles. The number of ether oxygens (including phenoxy) is 2. The maximum Gasteiger partial charge on any atom is 0.312 e. The van der Waals surface area contributed by atoms with Gasteiger partial charge in [-0.15, -0.1) is 0 Å². The Kier molecular flexibility index (Phi) is 4.33. The van der Waals surface area contributed by atoms with Crippen LogP contribution in [0.15, 0.2) is 11.6 Å². The minimum atomic E-state index is -0.838. The van der Waals surface area contributed by atoms with Crippen molar-refractivity contribution in [2.24, 2.45) is 28.6 Å². The average molecular weight is 348 g/mol. The predicted molar refractivity (Wildman–Crippen MR) is 91.5 cm³/mol.